The van der Waals surface area contributed by atoms with Crippen LogP contribution in [0.5, 0.6) is 0 Å². The smallest absolute Gasteiger partial charge is 0.271 e. The summed E-state index contributed by atoms with van der Waals surface area (Å²) in [5, 5.41) is 14.3. The number of rotatable bonds is 4. The largest absolute Gasteiger partial charge is 0.368 e. The summed E-state index contributed by atoms with van der Waals surface area (Å²) in [4.78, 5) is 27.0. The Labute approximate surface area is 169 Å². The van der Waals surface area contributed by atoms with Crippen LogP contribution in [0.4, 0.5) is 11.4 Å². The van der Waals surface area contributed by atoms with Crippen molar-refractivity contribution < 1.29 is 9.72 Å². The van der Waals surface area contributed by atoms with Gasteiger partial charge in [0.25, 0.3) is 5.69 Å². The Balaban J connectivity index is 0.00000169. The number of nitrogens with one attached hydrogen (secondary N) is 1. The summed E-state index contributed by atoms with van der Waals surface area (Å²) < 4.78 is 0. The van der Waals surface area contributed by atoms with Gasteiger partial charge in [-0.3, -0.25) is 14.9 Å². The molecule has 0 bridgehead atoms. The van der Waals surface area contributed by atoms with Gasteiger partial charge in [0.15, 0.2) is 0 Å². The third-order valence-electron chi connectivity index (χ3n) is 4.46. The van der Waals surface area contributed by atoms with Crippen molar-refractivity contribution in [3.63, 3.8) is 0 Å². The van der Waals surface area contributed by atoms with Gasteiger partial charge < -0.3 is 15.1 Å². The number of piperazine rings is 1. The molecule has 10 heteroatoms. The van der Waals surface area contributed by atoms with E-state index in [9.17, 15) is 14.9 Å². The molecule has 1 amide bonds. The second-order valence-corrected chi connectivity index (χ2v) is 7.22. The standard InChI is InChI=1S/C16H22N4O3S.2ClH/c21-16(10-13-12-24-9-4-17-13)19-7-5-18(6-8-19)14-2-1-3-15(11-14)20(22)23;;/h1-3,11,13,17H,4-10,12H2;2*1H. The molecule has 146 valence electrons. The molecule has 7 nitrogen and oxygen atoms in total. The van der Waals surface area contributed by atoms with Gasteiger partial charge in [0, 0.05) is 74.5 Å². The lowest BCUT2D eigenvalue weighted by Crippen LogP contribution is -2.50. The fraction of sp³-hybridized carbons (Fsp3) is 0.562. The van der Waals surface area contributed by atoms with Gasteiger partial charge in [-0.1, -0.05) is 6.07 Å². The number of carbonyl (C=O) groups is 1. The van der Waals surface area contributed by atoms with E-state index in [1.165, 1.54) is 6.07 Å². The molecule has 0 aliphatic carbocycles. The Morgan fingerprint density at radius 1 is 1.27 bits per heavy atom. The van der Waals surface area contributed by atoms with Crippen molar-refractivity contribution in [1.29, 1.82) is 0 Å². The van der Waals surface area contributed by atoms with Gasteiger partial charge in [0.1, 0.15) is 0 Å². The van der Waals surface area contributed by atoms with Crippen molar-refractivity contribution >= 4 is 53.9 Å². The number of amides is 1. The first-order valence-electron chi connectivity index (χ1n) is 8.22. The molecule has 3 rings (SSSR count). The zero-order valence-electron chi connectivity index (χ0n) is 14.3. The lowest BCUT2D eigenvalue weighted by Gasteiger charge is -2.37. The van der Waals surface area contributed by atoms with Crippen molar-refractivity contribution in [2.45, 2.75) is 12.5 Å². The maximum Gasteiger partial charge on any atom is 0.271 e. The number of benzene rings is 1. The molecule has 2 fully saturated rings. The zero-order chi connectivity index (χ0) is 16.9. The normalized spacial score (nSPS) is 19.9. The second-order valence-electron chi connectivity index (χ2n) is 6.07. The molecule has 2 aliphatic heterocycles. The summed E-state index contributed by atoms with van der Waals surface area (Å²) in [6, 6.07) is 6.97. The maximum atomic E-state index is 12.4. The number of nitro benzene ring substituents is 1. The summed E-state index contributed by atoms with van der Waals surface area (Å²) >= 11 is 1.90. The summed E-state index contributed by atoms with van der Waals surface area (Å²) in [5.74, 6) is 2.32. The first-order chi connectivity index (χ1) is 11.6. The van der Waals surface area contributed by atoms with Crippen molar-refractivity contribution in [2.75, 3.05) is 49.1 Å². The third kappa shape index (κ3) is 5.90. The van der Waals surface area contributed by atoms with E-state index in [-0.39, 0.29) is 47.4 Å². The topological polar surface area (TPSA) is 78.7 Å². The average Bonchev–Trinajstić information content (AvgIpc) is 2.63. The van der Waals surface area contributed by atoms with Crippen LogP contribution in [-0.4, -0.2) is 66.0 Å². The predicted molar refractivity (Wildman–Crippen MR) is 110 cm³/mol. The first-order valence-corrected chi connectivity index (χ1v) is 9.37. The van der Waals surface area contributed by atoms with Crippen molar-refractivity contribution in [1.82, 2.24) is 10.2 Å². The van der Waals surface area contributed by atoms with Gasteiger partial charge in [0.2, 0.25) is 5.91 Å². The molecule has 2 aliphatic rings. The highest BCUT2D eigenvalue weighted by atomic mass is 35.5. The van der Waals surface area contributed by atoms with Crippen LogP contribution in [0, 0.1) is 10.1 Å². The molecule has 1 unspecified atom stereocenters. The molecule has 1 N–H and O–H groups in total. The Bertz CT molecular complexity index is 609. The maximum absolute atomic E-state index is 12.4. The van der Waals surface area contributed by atoms with E-state index in [4.69, 9.17) is 0 Å². The third-order valence-corrected chi connectivity index (χ3v) is 5.59. The van der Waals surface area contributed by atoms with Crippen LogP contribution < -0.4 is 10.2 Å². The lowest BCUT2D eigenvalue weighted by molar-refractivity contribution is -0.384. The molecule has 0 saturated carbocycles. The number of thioether (sulfide) groups is 1. The number of nitro groups is 1. The van der Waals surface area contributed by atoms with Gasteiger partial charge >= 0.3 is 0 Å². The van der Waals surface area contributed by atoms with E-state index in [1.54, 1.807) is 12.1 Å². The van der Waals surface area contributed by atoms with Gasteiger partial charge in [-0.15, -0.1) is 24.8 Å². The number of hydrogen-bond acceptors (Lipinski definition) is 6. The van der Waals surface area contributed by atoms with E-state index in [1.807, 2.05) is 22.7 Å². The molecular formula is C16H24Cl2N4O3S. The van der Waals surface area contributed by atoms with Crippen LogP contribution in [0.25, 0.3) is 0 Å². The molecule has 0 aromatic heterocycles. The quantitative estimate of drug-likeness (QED) is 0.591. The average molecular weight is 423 g/mol. The molecule has 1 atom stereocenters. The number of carbonyl (C=O) groups excluding carboxylic acids is 1. The van der Waals surface area contributed by atoms with Crippen LogP contribution >= 0.6 is 36.6 Å². The van der Waals surface area contributed by atoms with Crippen LogP contribution in [0.2, 0.25) is 0 Å². The van der Waals surface area contributed by atoms with Gasteiger partial charge in [0.05, 0.1) is 4.92 Å². The van der Waals surface area contributed by atoms with Gasteiger partial charge in [-0.2, -0.15) is 11.8 Å². The van der Waals surface area contributed by atoms with Crippen LogP contribution in [0.3, 0.4) is 0 Å². The highest BCUT2D eigenvalue weighted by Gasteiger charge is 2.25. The minimum absolute atomic E-state index is 0. The molecule has 2 heterocycles. The molecule has 1 aromatic rings. The predicted octanol–water partition coefficient (Wildman–Crippen LogP) is 2.18. The van der Waals surface area contributed by atoms with E-state index >= 15 is 0 Å². The minimum atomic E-state index is -0.377. The van der Waals surface area contributed by atoms with Crippen molar-refractivity contribution in [3.05, 3.63) is 34.4 Å². The zero-order valence-corrected chi connectivity index (χ0v) is 16.8. The summed E-state index contributed by atoms with van der Waals surface area (Å²) in [7, 11) is 0. The fourth-order valence-electron chi connectivity index (χ4n) is 3.11. The molecular weight excluding hydrogens is 399 g/mol. The molecule has 1 aromatic carbocycles. The second kappa shape index (κ2) is 10.8. The number of non-ortho nitro benzene ring substituents is 1. The van der Waals surface area contributed by atoms with Crippen molar-refractivity contribution in [2.24, 2.45) is 0 Å². The summed E-state index contributed by atoms with van der Waals surface area (Å²) in [6.07, 6.45) is 0.559. The van der Waals surface area contributed by atoms with E-state index < -0.39 is 0 Å². The van der Waals surface area contributed by atoms with Gasteiger partial charge in [-0.25, -0.2) is 0 Å². The highest BCUT2D eigenvalue weighted by molar-refractivity contribution is 7.99. The van der Waals surface area contributed by atoms with Gasteiger partial charge in [-0.05, 0) is 6.07 Å². The van der Waals surface area contributed by atoms with Crippen LogP contribution in [-0.2, 0) is 4.79 Å². The Morgan fingerprint density at radius 2 is 2.00 bits per heavy atom. The molecule has 0 radical (unpaired) electrons. The Kier molecular flexibility index (Phi) is 9.49. The minimum Gasteiger partial charge on any atom is -0.368 e. The molecule has 2 saturated heterocycles. The highest BCUT2D eigenvalue weighted by Crippen LogP contribution is 2.22. The number of hydrogen-bond donors (Lipinski definition) is 1. The Morgan fingerprint density at radius 3 is 2.62 bits per heavy atom. The summed E-state index contributed by atoms with van der Waals surface area (Å²) in [6.45, 7) is 3.73. The lowest BCUT2D eigenvalue weighted by atomic mass is 10.1. The number of anilines is 1. The fourth-order valence-corrected chi connectivity index (χ4v) is 4.06. The van der Waals surface area contributed by atoms with Crippen LogP contribution in [0.15, 0.2) is 24.3 Å². The summed E-state index contributed by atoms with van der Waals surface area (Å²) in [5.41, 5.74) is 0.952. The van der Waals surface area contributed by atoms with E-state index in [2.05, 4.69) is 10.2 Å². The number of nitrogens with zero attached hydrogens (tertiary/aromatic N) is 3. The van der Waals surface area contributed by atoms with Crippen LogP contribution in [0.1, 0.15) is 6.42 Å². The molecule has 26 heavy (non-hydrogen) atoms. The molecule has 0 spiro atoms. The Hall–Kier alpha value is -1.22. The monoisotopic (exact) mass is 422 g/mol. The SMILES string of the molecule is Cl.Cl.O=C(CC1CSCCN1)N1CCN(c2cccc([N+](=O)[O-])c2)CC1. The first kappa shape index (κ1) is 22.8. The van der Waals surface area contributed by atoms with E-state index in [0.717, 1.165) is 23.7 Å². The van der Waals surface area contributed by atoms with Crippen molar-refractivity contribution in [3.8, 4) is 0 Å². The number of halogens is 2. The van der Waals surface area contributed by atoms with E-state index in [0.29, 0.717) is 32.6 Å².